The predicted octanol–water partition coefficient (Wildman–Crippen LogP) is 3.35. The number of amides is 3. The fourth-order valence-corrected chi connectivity index (χ4v) is 6.49. The molecular formula is C29H24N4O4. The molecule has 7 rings (SSSR count). The van der Waals surface area contributed by atoms with Gasteiger partial charge < -0.3 is 15.4 Å². The molecule has 8 nitrogen and oxygen atoms in total. The van der Waals surface area contributed by atoms with Crippen molar-refractivity contribution < 1.29 is 19.5 Å². The molecule has 3 aliphatic heterocycles. The van der Waals surface area contributed by atoms with Gasteiger partial charge in [-0.05, 0) is 55.3 Å². The van der Waals surface area contributed by atoms with Crippen molar-refractivity contribution in [2.24, 2.45) is 11.8 Å². The molecule has 0 bridgehead atoms. The van der Waals surface area contributed by atoms with E-state index in [4.69, 9.17) is 0 Å². The number of phenolic OH excluding ortho intramolecular Hbond substituents is 1. The molecule has 0 radical (unpaired) electrons. The van der Waals surface area contributed by atoms with Crippen molar-refractivity contribution in [2.45, 2.75) is 24.9 Å². The van der Waals surface area contributed by atoms with Gasteiger partial charge in [-0.3, -0.25) is 19.7 Å². The van der Waals surface area contributed by atoms with Crippen LogP contribution in [0.1, 0.15) is 16.7 Å². The summed E-state index contributed by atoms with van der Waals surface area (Å²) in [4.78, 5) is 46.2. The van der Waals surface area contributed by atoms with Crippen molar-refractivity contribution in [2.75, 3.05) is 10.2 Å². The number of aromatic amines is 1. The quantitative estimate of drug-likeness (QED) is 0.328. The Morgan fingerprint density at radius 2 is 1.78 bits per heavy atom. The molecule has 8 heteroatoms. The minimum Gasteiger partial charge on any atom is -0.508 e. The van der Waals surface area contributed by atoms with E-state index >= 15 is 0 Å². The summed E-state index contributed by atoms with van der Waals surface area (Å²) in [6.45, 7) is 1.94. The molecule has 4 atom stereocenters. The first-order chi connectivity index (χ1) is 17.9. The van der Waals surface area contributed by atoms with Crippen molar-refractivity contribution in [3.63, 3.8) is 0 Å². The van der Waals surface area contributed by atoms with Crippen LogP contribution in [0.4, 0.5) is 11.4 Å². The number of carbonyl (C=O) groups is 3. The molecule has 2 fully saturated rings. The number of fused-ring (bicyclic) bond motifs is 5. The number of imide groups is 1. The molecule has 37 heavy (non-hydrogen) atoms. The minimum absolute atomic E-state index is 0.143. The van der Waals surface area contributed by atoms with E-state index < -0.39 is 23.4 Å². The van der Waals surface area contributed by atoms with Crippen LogP contribution in [0.3, 0.4) is 0 Å². The second kappa shape index (κ2) is 7.54. The molecule has 0 saturated carbocycles. The molecule has 1 aromatic heterocycles. The van der Waals surface area contributed by atoms with E-state index in [-0.39, 0.29) is 23.5 Å². The van der Waals surface area contributed by atoms with E-state index in [1.54, 1.807) is 42.5 Å². The lowest BCUT2D eigenvalue weighted by Gasteiger charge is -2.29. The monoisotopic (exact) mass is 492 g/mol. The lowest BCUT2D eigenvalue weighted by Crippen LogP contribution is -2.53. The van der Waals surface area contributed by atoms with Gasteiger partial charge in [-0.2, -0.15) is 0 Å². The van der Waals surface area contributed by atoms with Crippen molar-refractivity contribution >= 4 is 40.0 Å². The van der Waals surface area contributed by atoms with E-state index in [2.05, 4.69) is 15.6 Å². The fourth-order valence-electron chi connectivity index (χ4n) is 6.49. The van der Waals surface area contributed by atoms with Crippen LogP contribution >= 0.6 is 0 Å². The van der Waals surface area contributed by atoms with Gasteiger partial charge in [0.05, 0.1) is 17.5 Å². The van der Waals surface area contributed by atoms with Crippen molar-refractivity contribution in [1.29, 1.82) is 0 Å². The number of phenols is 1. The van der Waals surface area contributed by atoms with Gasteiger partial charge in [-0.25, -0.2) is 4.90 Å². The predicted molar refractivity (Wildman–Crippen MR) is 138 cm³/mol. The SMILES string of the molecule is Cc1ccc2c(c1)C1(NC(Cc3c[nH]c4ccc(O)cc34)C3C(=O)N(c4ccccc4)C(=O)C31)C(=O)N2. The van der Waals surface area contributed by atoms with Crippen LogP contribution < -0.4 is 15.5 Å². The Morgan fingerprint density at radius 1 is 0.973 bits per heavy atom. The number of benzene rings is 3. The average Bonchev–Trinajstić information content (AvgIpc) is 3.59. The Morgan fingerprint density at radius 3 is 2.59 bits per heavy atom. The molecular weight excluding hydrogens is 468 g/mol. The average molecular weight is 493 g/mol. The van der Waals surface area contributed by atoms with Crippen LogP contribution in [-0.2, 0) is 26.3 Å². The van der Waals surface area contributed by atoms with Gasteiger partial charge in [0, 0.05) is 34.4 Å². The fraction of sp³-hybridized carbons (Fsp3) is 0.207. The highest BCUT2D eigenvalue weighted by Crippen LogP contribution is 2.54. The van der Waals surface area contributed by atoms with E-state index in [1.165, 1.54) is 4.90 Å². The summed E-state index contributed by atoms with van der Waals surface area (Å²) in [5, 5.41) is 17.4. The van der Waals surface area contributed by atoms with E-state index in [0.29, 0.717) is 23.4 Å². The van der Waals surface area contributed by atoms with Gasteiger partial charge in [0.25, 0.3) is 0 Å². The van der Waals surface area contributed by atoms with Gasteiger partial charge in [-0.15, -0.1) is 0 Å². The molecule has 2 saturated heterocycles. The third-order valence-electron chi connectivity index (χ3n) is 8.08. The Hall–Kier alpha value is -4.43. The third-order valence-corrected chi connectivity index (χ3v) is 8.08. The number of hydrogen-bond donors (Lipinski definition) is 4. The Bertz CT molecular complexity index is 1630. The lowest BCUT2D eigenvalue weighted by atomic mass is 9.76. The maximum absolute atomic E-state index is 14.1. The van der Waals surface area contributed by atoms with E-state index in [9.17, 15) is 19.5 Å². The van der Waals surface area contributed by atoms with Crippen molar-refractivity contribution in [1.82, 2.24) is 10.3 Å². The van der Waals surface area contributed by atoms with Crippen LogP contribution in [0.5, 0.6) is 5.75 Å². The Balaban J connectivity index is 1.39. The zero-order valence-corrected chi connectivity index (χ0v) is 20.0. The number of para-hydroxylation sites is 1. The number of hydrogen-bond acceptors (Lipinski definition) is 5. The van der Waals surface area contributed by atoms with Crippen molar-refractivity contribution in [3.8, 4) is 5.75 Å². The molecule has 4 unspecified atom stereocenters. The van der Waals surface area contributed by atoms with Crippen LogP contribution in [0.2, 0.25) is 0 Å². The van der Waals surface area contributed by atoms with Crippen LogP contribution in [0.25, 0.3) is 10.9 Å². The van der Waals surface area contributed by atoms with Crippen LogP contribution in [0, 0.1) is 18.8 Å². The van der Waals surface area contributed by atoms with Gasteiger partial charge in [0.15, 0.2) is 0 Å². The molecule has 1 spiro atoms. The number of rotatable bonds is 3. The second-order valence-electron chi connectivity index (χ2n) is 10.2. The summed E-state index contributed by atoms with van der Waals surface area (Å²) >= 11 is 0. The first-order valence-electron chi connectivity index (χ1n) is 12.3. The van der Waals surface area contributed by atoms with E-state index in [1.807, 2.05) is 37.4 Å². The molecule has 184 valence electrons. The number of H-pyrrole nitrogens is 1. The zero-order valence-electron chi connectivity index (χ0n) is 20.0. The largest absolute Gasteiger partial charge is 0.508 e. The highest BCUT2D eigenvalue weighted by Gasteiger charge is 2.70. The molecule has 4 heterocycles. The van der Waals surface area contributed by atoms with Crippen LogP contribution in [-0.4, -0.2) is 33.9 Å². The summed E-state index contributed by atoms with van der Waals surface area (Å²) in [5.41, 5.74) is 3.19. The number of carbonyl (C=O) groups excluding carboxylic acids is 3. The maximum atomic E-state index is 14.1. The highest BCUT2D eigenvalue weighted by atomic mass is 16.3. The zero-order chi connectivity index (χ0) is 25.5. The summed E-state index contributed by atoms with van der Waals surface area (Å²) in [5.74, 6) is -2.51. The topological polar surface area (TPSA) is 115 Å². The Kier molecular flexibility index (Phi) is 4.44. The standard InChI is InChI=1S/C29H24N4O4/c1-15-7-9-22-20(11-15)29(28(37)31-22)25-24(26(35)33(27(25)36)17-5-3-2-4-6-17)23(32-29)12-16-14-30-21-10-8-18(34)13-19(16)21/h2-11,13-14,23-25,30,32,34H,12H2,1H3,(H,31,37). The molecule has 4 N–H and O–H groups in total. The van der Waals surface area contributed by atoms with Gasteiger partial charge >= 0.3 is 0 Å². The summed E-state index contributed by atoms with van der Waals surface area (Å²) in [6, 6.07) is 19.2. The third kappa shape index (κ3) is 2.90. The smallest absolute Gasteiger partial charge is 0.250 e. The molecule has 3 aromatic carbocycles. The first-order valence-corrected chi connectivity index (χ1v) is 12.3. The highest BCUT2D eigenvalue weighted by molar-refractivity contribution is 6.25. The first kappa shape index (κ1) is 21.8. The maximum Gasteiger partial charge on any atom is 0.250 e. The number of aromatic hydroxyl groups is 1. The summed E-state index contributed by atoms with van der Waals surface area (Å²) in [6.07, 6.45) is 2.25. The second-order valence-corrected chi connectivity index (χ2v) is 10.2. The minimum atomic E-state index is -1.36. The number of nitrogens with one attached hydrogen (secondary N) is 3. The number of nitrogens with zero attached hydrogens (tertiary/aromatic N) is 1. The Labute approximate surface area is 212 Å². The van der Waals surface area contributed by atoms with Gasteiger partial charge in [0.2, 0.25) is 17.7 Å². The number of aryl methyl sites for hydroxylation is 1. The number of aromatic nitrogens is 1. The normalized spacial score (nSPS) is 26.2. The van der Waals surface area contributed by atoms with Crippen molar-refractivity contribution in [3.05, 3.63) is 89.6 Å². The molecule has 4 aromatic rings. The molecule has 3 aliphatic rings. The van der Waals surface area contributed by atoms with E-state index in [0.717, 1.165) is 22.0 Å². The molecule has 3 amide bonds. The number of anilines is 2. The lowest BCUT2D eigenvalue weighted by molar-refractivity contribution is -0.130. The van der Waals surface area contributed by atoms with Gasteiger partial charge in [0.1, 0.15) is 11.3 Å². The summed E-state index contributed by atoms with van der Waals surface area (Å²) < 4.78 is 0. The van der Waals surface area contributed by atoms with Gasteiger partial charge in [-0.1, -0.05) is 35.9 Å². The van der Waals surface area contributed by atoms with Crippen LogP contribution in [0.15, 0.2) is 72.9 Å². The summed E-state index contributed by atoms with van der Waals surface area (Å²) in [7, 11) is 0. The molecule has 0 aliphatic carbocycles.